The first-order valence-electron chi connectivity index (χ1n) is 6.42. The molecule has 0 saturated heterocycles. The smallest absolute Gasteiger partial charge is 0.240 e. The molecule has 0 atom stereocenters. The summed E-state index contributed by atoms with van der Waals surface area (Å²) in [5.41, 5.74) is 8.39. The largest absolute Gasteiger partial charge is 0.350 e. The van der Waals surface area contributed by atoms with E-state index in [-0.39, 0.29) is 5.91 Å². The standard InChI is InChI=1S/C13H24N4O/c1-6-13(14,7-2)12(18)15-8-11-9(3)16-17(5)10(11)4/h6-8,14H2,1-5H3,(H,15,18). The van der Waals surface area contributed by atoms with E-state index in [1.165, 1.54) is 0 Å². The van der Waals surface area contributed by atoms with Gasteiger partial charge in [0.15, 0.2) is 0 Å². The van der Waals surface area contributed by atoms with E-state index in [1.807, 2.05) is 39.4 Å². The third-order valence-electron chi connectivity index (χ3n) is 3.80. The van der Waals surface area contributed by atoms with Gasteiger partial charge in [-0.15, -0.1) is 0 Å². The minimum atomic E-state index is -0.760. The predicted molar refractivity (Wildman–Crippen MR) is 72.0 cm³/mol. The molecule has 0 aliphatic heterocycles. The molecule has 0 radical (unpaired) electrons. The van der Waals surface area contributed by atoms with Crippen LogP contribution in [0.1, 0.15) is 43.6 Å². The quantitative estimate of drug-likeness (QED) is 0.826. The van der Waals surface area contributed by atoms with E-state index >= 15 is 0 Å². The van der Waals surface area contributed by atoms with Gasteiger partial charge in [0.05, 0.1) is 11.2 Å². The SMILES string of the molecule is CCC(N)(CC)C(=O)NCc1c(C)nn(C)c1C. The first-order valence-corrected chi connectivity index (χ1v) is 6.42. The fraction of sp³-hybridized carbons (Fsp3) is 0.692. The van der Waals surface area contributed by atoms with Crippen LogP contribution in [0.5, 0.6) is 0 Å². The Morgan fingerprint density at radius 3 is 2.33 bits per heavy atom. The molecule has 1 aromatic rings. The van der Waals surface area contributed by atoms with Crippen LogP contribution in [0.2, 0.25) is 0 Å². The van der Waals surface area contributed by atoms with Crippen LogP contribution in [0, 0.1) is 13.8 Å². The number of nitrogens with two attached hydrogens (primary N) is 1. The minimum Gasteiger partial charge on any atom is -0.350 e. The van der Waals surface area contributed by atoms with Gasteiger partial charge in [-0.3, -0.25) is 9.48 Å². The molecule has 5 heteroatoms. The van der Waals surface area contributed by atoms with Gasteiger partial charge in [-0.2, -0.15) is 5.10 Å². The van der Waals surface area contributed by atoms with Gasteiger partial charge in [-0.1, -0.05) is 13.8 Å². The van der Waals surface area contributed by atoms with Crippen LogP contribution in [0.15, 0.2) is 0 Å². The van der Waals surface area contributed by atoms with Crippen LogP contribution >= 0.6 is 0 Å². The third kappa shape index (κ3) is 2.72. The second kappa shape index (κ2) is 5.52. The van der Waals surface area contributed by atoms with Gasteiger partial charge in [0.2, 0.25) is 5.91 Å². The van der Waals surface area contributed by atoms with Crippen LogP contribution in [-0.2, 0) is 18.4 Å². The zero-order valence-corrected chi connectivity index (χ0v) is 12.0. The Balaban J connectivity index is 2.74. The van der Waals surface area contributed by atoms with Crippen LogP contribution in [0.25, 0.3) is 0 Å². The fourth-order valence-corrected chi connectivity index (χ4v) is 1.99. The van der Waals surface area contributed by atoms with Crippen molar-refractivity contribution in [2.24, 2.45) is 12.8 Å². The van der Waals surface area contributed by atoms with Gasteiger partial charge in [0.25, 0.3) is 0 Å². The number of carbonyl (C=O) groups excluding carboxylic acids is 1. The van der Waals surface area contributed by atoms with Crippen molar-refractivity contribution in [3.05, 3.63) is 17.0 Å². The van der Waals surface area contributed by atoms with Crippen molar-refractivity contribution < 1.29 is 4.79 Å². The number of rotatable bonds is 5. The highest BCUT2D eigenvalue weighted by atomic mass is 16.2. The summed E-state index contributed by atoms with van der Waals surface area (Å²) in [5, 5.41) is 7.24. The molecule has 0 spiro atoms. The maximum atomic E-state index is 12.1. The molecular weight excluding hydrogens is 228 g/mol. The van der Waals surface area contributed by atoms with E-state index in [0.717, 1.165) is 17.0 Å². The lowest BCUT2D eigenvalue weighted by molar-refractivity contribution is -0.126. The molecule has 0 unspecified atom stereocenters. The summed E-state index contributed by atoms with van der Waals surface area (Å²) >= 11 is 0. The lowest BCUT2D eigenvalue weighted by Gasteiger charge is -2.25. The second-order valence-corrected chi connectivity index (χ2v) is 4.82. The molecule has 18 heavy (non-hydrogen) atoms. The molecule has 0 aliphatic carbocycles. The van der Waals surface area contributed by atoms with Gasteiger partial charge in [0, 0.05) is 24.8 Å². The van der Waals surface area contributed by atoms with Crippen molar-refractivity contribution in [2.45, 2.75) is 52.6 Å². The molecule has 0 bridgehead atoms. The Labute approximate surface area is 109 Å². The van der Waals surface area contributed by atoms with Crippen molar-refractivity contribution in [3.8, 4) is 0 Å². The first kappa shape index (κ1) is 14.7. The van der Waals surface area contributed by atoms with Gasteiger partial charge < -0.3 is 11.1 Å². The Hall–Kier alpha value is -1.36. The summed E-state index contributed by atoms with van der Waals surface area (Å²) in [6.45, 7) is 8.30. The highest BCUT2D eigenvalue weighted by Gasteiger charge is 2.29. The fourth-order valence-electron chi connectivity index (χ4n) is 1.99. The topological polar surface area (TPSA) is 72.9 Å². The average molecular weight is 252 g/mol. The molecule has 1 amide bonds. The number of aryl methyl sites for hydroxylation is 2. The number of aromatic nitrogens is 2. The lowest BCUT2D eigenvalue weighted by atomic mass is 9.93. The van der Waals surface area contributed by atoms with E-state index < -0.39 is 5.54 Å². The molecule has 5 nitrogen and oxygen atoms in total. The first-order chi connectivity index (χ1) is 8.35. The number of amides is 1. The van der Waals surface area contributed by atoms with Crippen molar-refractivity contribution in [1.29, 1.82) is 0 Å². The highest BCUT2D eigenvalue weighted by Crippen LogP contribution is 2.14. The normalized spacial score (nSPS) is 11.7. The van der Waals surface area contributed by atoms with Crippen LogP contribution in [0.3, 0.4) is 0 Å². The van der Waals surface area contributed by atoms with Crippen LogP contribution in [0.4, 0.5) is 0 Å². The second-order valence-electron chi connectivity index (χ2n) is 4.82. The minimum absolute atomic E-state index is 0.0878. The van der Waals surface area contributed by atoms with E-state index in [9.17, 15) is 4.79 Å². The molecule has 0 aliphatic rings. The summed E-state index contributed by atoms with van der Waals surface area (Å²) in [5.74, 6) is -0.0878. The van der Waals surface area contributed by atoms with Gasteiger partial charge in [-0.05, 0) is 26.7 Å². The van der Waals surface area contributed by atoms with Gasteiger partial charge >= 0.3 is 0 Å². The molecular formula is C13H24N4O. The highest BCUT2D eigenvalue weighted by molar-refractivity contribution is 5.85. The molecule has 1 aromatic heterocycles. The maximum Gasteiger partial charge on any atom is 0.240 e. The Bertz CT molecular complexity index is 432. The predicted octanol–water partition coefficient (Wildman–Crippen LogP) is 1.17. The summed E-state index contributed by atoms with van der Waals surface area (Å²) in [6, 6.07) is 0. The van der Waals surface area contributed by atoms with Crippen molar-refractivity contribution in [3.63, 3.8) is 0 Å². The maximum absolute atomic E-state index is 12.1. The zero-order chi connectivity index (χ0) is 13.9. The number of nitrogens with one attached hydrogen (secondary N) is 1. The molecule has 0 saturated carbocycles. The lowest BCUT2D eigenvalue weighted by Crippen LogP contribution is -2.52. The summed E-state index contributed by atoms with van der Waals surface area (Å²) in [4.78, 5) is 12.1. The molecule has 0 aromatic carbocycles. The van der Waals surface area contributed by atoms with Crippen molar-refractivity contribution in [1.82, 2.24) is 15.1 Å². The zero-order valence-electron chi connectivity index (χ0n) is 12.0. The molecule has 102 valence electrons. The monoisotopic (exact) mass is 252 g/mol. The van der Waals surface area contributed by atoms with Crippen LogP contribution < -0.4 is 11.1 Å². The summed E-state index contributed by atoms with van der Waals surface area (Å²) < 4.78 is 1.83. The summed E-state index contributed by atoms with van der Waals surface area (Å²) in [6.07, 6.45) is 1.28. The molecule has 1 heterocycles. The Morgan fingerprint density at radius 2 is 1.94 bits per heavy atom. The number of carbonyl (C=O) groups is 1. The van der Waals surface area contributed by atoms with E-state index in [0.29, 0.717) is 19.4 Å². The molecule has 3 N–H and O–H groups in total. The Morgan fingerprint density at radius 1 is 1.39 bits per heavy atom. The number of nitrogens with zero attached hydrogens (tertiary/aromatic N) is 2. The molecule has 0 fully saturated rings. The van der Waals surface area contributed by atoms with E-state index in [1.54, 1.807) is 0 Å². The number of hydrogen-bond donors (Lipinski definition) is 2. The van der Waals surface area contributed by atoms with Crippen molar-refractivity contribution in [2.75, 3.05) is 0 Å². The van der Waals surface area contributed by atoms with Gasteiger partial charge in [0.1, 0.15) is 0 Å². The van der Waals surface area contributed by atoms with E-state index in [2.05, 4.69) is 10.4 Å². The van der Waals surface area contributed by atoms with E-state index in [4.69, 9.17) is 5.73 Å². The van der Waals surface area contributed by atoms with Crippen LogP contribution in [-0.4, -0.2) is 21.2 Å². The van der Waals surface area contributed by atoms with Crippen molar-refractivity contribution >= 4 is 5.91 Å². The third-order valence-corrected chi connectivity index (χ3v) is 3.80. The average Bonchev–Trinajstić information content (AvgIpc) is 2.60. The molecule has 1 rings (SSSR count). The number of hydrogen-bond acceptors (Lipinski definition) is 3. The van der Waals surface area contributed by atoms with Gasteiger partial charge in [-0.25, -0.2) is 0 Å². The Kier molecular flexibility index (Phi) is 4.51. The summed E-state index contributed by atoms with van der Waals surface area (Å²) in [7, 11) is 1.90.